The van der Waals surface area contributed by atoms with Crippen LogP contribution in [0.25, 0.3) is 11.5 Å². The highest BCUT2D eigenvalue weighted by molar-refractivity contribution is 7.99. The number of benzene rings is 1. The first-order chi connectivity index (χ1) is 16.0. The van der Waals surface area contributed by atoms with Gasteiger partial charge in [-0.05, 0) is 57.4 Å². The molecular formula is C25H37N3O4S. The number of rotatable bonds is 12. The number of methoxy groups -OCH3 is 2. The lowest BCUT2D eigenvalue weighted by atomic mass is 10.00. The van der Waals surface area contributed by atoms with Crippen LogP contribution in [0.5, 0.6) is 11.5 Å². The van der Waals surface area contributed by atoms with Crippen LogP contribution >= 0.6 is 11.8 Å². The molecule has 7 nitrogen and oxygen atoms in total. The SMILES string of the molecule is CC[C@@H]1CCCCN1CCCNC(=O)CSCc1nc(-c2ccc(OC)c(OC)c2)oc1C. The Hall–Kier alpha value is -2.19. The minimum Gasteiger partial charge on any atom is -0.493 e. The minimum atomic E-state index is 0.0759. The molecule has 182 valence electrons. The summed E-state index contributed by atoms with van der Waals surface area (Å²) in [4.78, 5) is 19.5. The zero-order chi connectivity index (χ0) is 23.6. The van der Waals surface area contributed by atoms with E-state index in [0.717, 1.165) is 42.6 Å². The van der Waals surface area contributed by atoms with Crippen LogP contribution in [0.3, 0.4) is 0 Å². The molecule has 1 saturated heterocycles. The van der Waals surface area contributed by atoms with E-state index < -0.39 is 0 Å². The number of piperidine rings is 1. The van der Waals surface area contributed by atoms with Crippen LogP contribution < -0.4 is 14.8 Å². The smallest absolute Gasteiger partial charge is 0.230 e. The van der Waals surface area contributed by atoms with E-state index >= 15 is 0 Å². The standard InChI is InChI=1S/C25H37N3O4S/c1-5-20-9-6-7-13-28(20)14-8-12-26-24(29)17-33-16-21-18(2)32-25(27-21)19-10-11-22(30-3)23(15-19)31-4/h10-11,15,20H,5-9,12-14,16-17H2,1-4H3,(H,26,29)/t20-/m1/s1. The molecule has 1 N–H and O–H groups in total. The fourth-order valence-electron chi connectivity index (χ4n) is 4.27. The molecule has 1 atom stereocenters. The van der Waals surface area contributed by atoms with Crippen molar-refractivity contribution in [1.29, 1.82) is 0 Å². The third kappa shape index (κ3) is 7.14. The van der Waals surface area contributed by atoms with Crippen LogP contribution in [0.1, 0.15) is 50.5 Å². The van der Waals surface area contributed by atoms with Gasteiger partial charge in [-0.2, -0.15) is 0 Å². The van der Waals surface area contributed by atoms with E-state index in [1.165, 1.54) is 32.2 Å². The van der Waals surface area contributed by atoms with Gasteiger partial charge in [0, 0.05) is 30.4 Å². The van der Waals surface area contributed by atoms with Crippen LogP contribution in [-0.4, -0.2) is 61.4 Å². The van der Waals surface area contributed by atoms with E-state index in [1.807, 2.05) is 25.1 Å². The Balaban J connectivity index is 1.41. The Labute approximate surface area is 201 Å². The summed E-state index contributed by atoms with van der Waals surface area (Å²) >= 11 is 1.55. The monoisotopic (exact) mass is 475 g/mol. The first-order valence-corrected chi connectivity index (χ1v) is 13.0. The quantitative estimate of drug-likeness (QED) is 0.447. The number of likely N-dealkylation sites (tertiary alicyclic amines) is 1. The molecule has 8 heteroatoms. The van der Waals surface area contributed by atoms with Gasteiger partial charge in [0.05, 0.1) is 25.7 Å². The zero-order valence-corrected chi connectivity index (χ0v) is 21.1. The second-order valence-corrected chi connectivity index (χ2v) is 9.37. The van der Waals surface area contributed by atoms with Crippen molar-refractivity contribution in [3.8, 4) is 23.0 Å². The van der Waals surface area contributed by atoms with E-state index in [-0.39, 0.29) is 5.91 Å². The number of nitrogens with one attached hydrogen (secondary N) is 1. The summed E-state index contributed by atoms with van der Waals surface area (Å²) in [5.74, 6) is 3.71. The van der Waals surface area contributed by atoms with E-state index in [1.54, 1.807) is 26.0 Å². The number of carbonyl (C=O) groups is 1. The van der Waals surface area contributed by atoms with Crippen molar-refractivity contribution in [2.24, 2.45) is 0 Å². The van der Waals surface area contributed by atoms with Crippen molar-refractivity contribution >= 4 is 17.7 Å². The third-order valence-electron chi connectivity index (χ3n) is 6.16. The van der Waals surface area contributed by atoms with Crippen LogP contribution in [0.4, 0.5) is 0 Å². The molecule has 1 aliphatic rings. The van der Waals surface area contributed by atoms with Crippen molar-refractivity contribution in [3.05, 3.63) is 29.7 Å². The van der Waals surface area contributed by atoms with Gasteiger partial charge >= 0.3 is 0 Å². The normalized spacial score (nSPS) is 16.5. The average Bonchev–Trinajstić information content (AvgIpc) is 3.21. The van der Waals surface area contributed by atoms with Crippen LogP contribution in [0.15, 0.2) is 22.6 Å². The maximum Gasteiger partial charge on any atom is 0.230 e. The van der Waals surface area contributed by atoms with Crippen LogP contribution in [0, 0.1) is 6.92 Å². The molecule has 0 spiro atoms. The molecular weight excluding hydrogens is 438 g/mol. The molecule has 1 fully saturated rings. The highest BCUT2D eigenvalue weighted by Crippen LogP contribution is 2.33. The van der Waals surface area contributed by atoms with Crippen molar-refractivity contribution in [2.45, 2.75) is 57.7 Å². The zero-order valence-electron chi connectivity index (χ0n) is 20.3. The van der Waals surface area contributed by atoms with Gasteiger partial charge in [0.25, 0.3) is 0 Å². The predicted octanol–water partition coefficient (Wildman–Crippen LogP) is 4.67. The van der Waals surface area contributed by atoms with Gasteiger partial charge in [-0.1, -0.05) is 13.3 Å². The Morgan fingerprint density at radius 1 is 1.27 bits per heavy atom. The van der Waals surface area contributed by atoms with Gasteiger partial charge in [-0.25, -0.2) is 4.98 Å². The highest BCUT2D eigenvalue weighted by Gasteiger charge is 2.20. The Morgan fingerprint density at radius 2 is 2.09 bits per heavy atom. The summed E-state index contributed by atoms with van der Waals surface area (Å²) in [6.07, 6.45) is 6.19. The van der Waals surface area contributed by atoms with E-state index in [9.17, 15) is 4.79 Å². The van der Waals surface area contributed by atoms with E-state index in [4.69, 9.17) is 13.9 Å². The summed E-state index contributed by atoms with van der Waals surface area (Å²) in [6, 6.07) is 6.30. The number of thioether (sulfide) groups is 1. The second kappa shape index (κ2) is 12.9. The maximum absolute atomic E-state index is 12.2. The number of oxazole rings is 1. The lowest BCUT2D eigenvalue weighted by Crippen LogP contribution is -2.40. The molecule has 0 unspecified atom stereocenters. The Kier molecular flexibility index (Phi) is 9.94. The fourth-order valence-corrected chi connectivity index (χ4v) is 5.12. The van der Waals surface area contributed by atoms with Crippen molar-refractivity contribution < 1.29 is 18.7 Å². The molecule has 2 aromatic rings. The summed E-state index contributed by atoms with van der Waals surface area (Å²) in [6.45, 7) is 7.18. The molecule has 1 aromatic heterocycles. The lowest BCUT2D eigenvalue weighted by Gasteiger charge is -2.35. The molecule has 1 aliphatic heterocycles. The molecule has 2 heterocycles. The van der Waals surface area contributed by atoms with Gasteiger partial charge in [0.1, 0.15) is 5.76 Å². The second-order valence-electron chi connectivity index (χ2n) is 8.38. The number of aromatic nitrogens is 1. The fraction of sp³-hybridized carbons (Fsp3) is 0.600. The molecule has 0 saturated carbocycles. The molecule has 33 heavy (non-hydrogen) atoms. The van der Waals surface area contributed by atoms with Gasteiger partial charge in [0.15, 0.2) is 11.5 Å². The van der Waals surface area contributed by atoms with Crippen molar-refractivity contribution in [1.82, 2.24) is 15.2 Å². The van der Waals surface area contributed by atoms with Crippen LogP contribution in [-0.2, 0) is 10.5 Å². The number of aryl methyl sites for hydroxylation is 1. The molecule has 1 aromatic carbocycles. The molecule has 3 rings (SSSR count). The predicted molar refractivity (Wildman–Crippen MR) is 133 cm³/mol. The minimum absolute atomic E-state index is 0.0759. The maximum atomic E-state index is 12.2. The first kappa shape index (κ1) is 25.4. The van der Waals surface area contributed by atoms with Gasteiger partial charge in [-0.15, -0.1) is 11.8 Å². The van der Waals surface area contributed by atoms with E-state index in [0.29, 0.717) is 28.9 Å². The van der Waals surface area contributed by atoms with Crippen molar-refractivity contribution in [3.63, 3.8) is 0 Å². The summed E-state index contributed by atoms with van der Waals surface area (Å²) in [7, 11) is 3.21. The van der Waals surface area contributed by atoms with Gasteiger partial charge < -0.3 is 24.1 Å². The Morgan fingerprint density at radius 3 is 2.85 bits per heavy atom. The molecule has 0 radical (unpaired) electrons. The Bertz CT molecular complexity index is 902. The lowest BCUT2D eigenvalue weighted by molar-refractivity contribution is -0.118. The number of nitrogens with zero attached hydrogens (tertiary/aromatic N) is 2. The summed E-state index contributed by atoms with van der Waals surface area (Å²) in [5.41, 5.74) is 1.68. The largest absolute Gasteiger partial charge is 0.493 e. The average molecular weight is 476 g/mol. The number of amides is 1. The molecule has 1 amide bonds. The topological polar surface area (TPSA) is 76.8 Å². The van der Waals surface area contributed by atoms with Crippen molar-refractivity contribution in [2.75, 3.05) is 39.6 Å². The first-order valence-electron chi connectivity index (χ1n) is 11.8. The number of hydrogen-bond acceptors (Lipinski definition) is 7. The van der Waals surface area contributed by atoms with E-state index in [2.05, 4.69) is 22.1 Å². The van der Waals surface area contributed by atoms with Crippen LogP contribution in [0.2, 0.25) is 0 Å². The van der Waals surface area contributed by atoms with Gasteiger partial charge in [0.2, 0.25) is 11.8 Å². The summed E-state index contributed by atoms with van der Waals surface area (Å²) in [5, 5.41) is 3.05. The third-order valence-corrected chi connectivity index (χ3v) is 7.10. The summed E-state index contributed by atoms with van der Waals surface area (Å²) < 4.78 is 16.5. The number of hydrogen-bond donors (Lipinski definition) is 1. The molecule has 0 bridgehead atoms. The number of ether oxygens (including phenoxy) is 2. The molecule has 0 aliphatic carbocycles. The van der Waals surface area contributed by atoms with Gasteiger partial charge in [-0.3, -0.25) is 4.79 Å². The number of carbonyl (C=O) groups excluding carboxylic acids is 1. The highest BCUT2D eigenvalue weighted by atomic mass is 32.2.